The van der Waals surface area contributed by atoms with Crippen molar-refractivity contribution < 1.29 is 4.79 Å². The van der Waals surface area contributed by atoms with Crippen LogP contribution in [0.2, 0.25) is 0 Å². The second kappa shape index (κ2) is 7.45. The van der Waals surface area contributed by atoms with Gasteiger partial charge >= 0.3 is 0 Å². The van der Waals surface area contributed by atoms with Crippen LogP contribution in [0.3, 0.4) is 0 Å². The SMILES string of the molecule is Cc1csc(C2CCN([C@H](C)C(=O)Nc3ccccc3C)CC2)n1. The van der Waals surface area contributed by atoms with Gasteiger partial charge in [-0.3, -0.25) is 9.69 Å². The van der Waals surface area contributed by atoms with E-state index in [-0.39, 0.29) is 11.9 Å². The Morgan fingerprint density at radius 3 is 2.62 bits per heavy atom. The maximum atomic E-state index is 12.6. The van der Waals surface area contributed by atoms with Gasteiger partial charge in [-0.25, -0.2) is 4.98 Å². The van der Waals surface area contributed by atoms with Crippen molar-refractivity contribution in [1.29, 1.82) is 0 Å². The number of benzene rings is 1. The number of nitrogens with one attached hydrogen (secondary N) is 1. The van der Waals surface area contributed by atoms with Gasteiger partial charge in [0.25, 0.3) is 0 Å². The Balaban J connectivity index is 1.55. The second-order valence-electron chi connectivity index (χ2n) is 6.62. The summed E-state index contributed by atoms with van der Waals surface area (Å²) in [6, 6.07) is 7.80. The van der Waals surface area contributed by atoms with E-state index in [4.69, 9.17) is 0 Å². The summed E-state index contributed by atoms with van der Waals surface area (Å²) in [4.78, 5) is 19.5. The average molecular weight is 343 g/mol. The minimum absolute atomic E-state index is 0.0767. The number of carbonyl (C=O) groups excluding carboxylic acids is 1. The molecule has 3 rings (SSSR count). The van der Waals surface area contributed by atoms with E-state index in [1.54, 1.807) is 11.3 Å². The molecule has 1 aromatic heterocycles. The molecule has 128 valence electrons. The first kappa shape index (κ1) is 17.1. The monoisotopic (exact) mass is 343 g/mol. The van der Waals surface area contributed by atoms with Crippen molar-refractivity contribution in [2.75, 3.05) is 18.4 Å². The summed E-state index contributed by atoms with van der Waals surface area (Å²) in [7, 11) is 0. The molecule has 1 amide bonds. The van der Waals surface area contributed by atoms with Gasteiger partial charge in [0.1, 0.15) is 0 Å². The number of piperidine rings is 1. The second-order valence-corrected chi connectivity index (χ2v) is 7.51. The van der Waals surface area contributed by atoms with Crippen molar-refractivity contribution in [3.05, 3.63) is 45.9 Å². The van der Waals surface area contributed by atoms with Crippen LogP contribution in [-0.4, -0.2) is 34.9 Å². The van der Waals surface area contributed by atoms with Crippen molar-refractivity contribution in [3.63, 3.8) is 0 Å². The third-order valence-electron chi connectivity index (χ3n) is 4.85. The maximum Gasteiger partial charge on any atom is 0.241 e. The van der Waals surface area contributed by atoms with Crippen molar-refractivity contribution in [3.8, 4) is 0 Å². The minimum atomic E-state index is -0.108. The average Bonchev–Trinajstić information content (AvgIpc) is 3.03. The van der Waals surface area contributed by atoms with Crippen LogP contribution in [0, 0.1) is 13.8 Å². The van der Waals surface area contributed by atoms with Gasteiger partial charge in [0, 0.05) is 22.7 Å². The van der Waals surface area contributed by atoms with Gasteiger partial charge in [0.2, 0.25) is 5.91 Å². The fourth-order valence-corrected chi connectivity index (χ4v) is 4.18. The lowest BCUT2D eigenvalue weighted by molar-refractivity contribution is -0.121. The zero-order valence-electron chi connectivity index (χ0n) is 14.6. The van der Waals surface area contributed by atoms with Crippen molar-refractivity contribution in [2.24, 2.45) is 0 Å². The Kier molecular flexibility index (Phi) is 5.31. The highest BCUT2D eigenvalue weighted by Gasteiger charge is 2.28. The Morgan fingerprint density at radius 1 is 1.29 bits per heavy atom. The highest BCUT2D eigenvalue weighted by atomic mass is 32.1. The molecule has 2 aromatic rings. The normalized spacial score (nSPS) is 17.6. The van der Waals surface area contributed by atoms with E-state index in [1.807, 2.05) is 45.0 Å². The van der Waals surface area contributed by atoms with Gasteiger partial charge in [-0.05, 0) is 58.3 Å². The van der Waals surface area contributed by atoms with Crippen LogP contribution in [0.5, 0.6) is 0 Å². The van der Waals surface area contributed by atoms with Crippen molar-refractivity contribution in [2.45, 2.75) is 45.6 Å². The Bertz CT molecular complexity index is 704. The fourth-order valence-electron chi connectivity index (χ4n) is 3.21. The maximum absolute atomic E-state index is 12.6. The van der Waals surface area contributed by atoms with Gasteiger partial charge in [0.15, 0.2) is 0 Å². The first-order valence-electron chi connectivity index (χ1n) is 8.57. The van der Waals surface area contributed by atoms with E-state index in [1.165, 1.54) is 5.01 Å². The summed E-state index contributed by atoms with van der Waals surface area (Å²) in [6.07, 6.45) is 2.16. The van der Waals surface area contributed by atoms with Crippen LogP contribution in [0.25, 0.3) is 0 Å². The number of carbonyl (C=O) groups is 1. The number of hydrogen-bond donors (Lipinski definition) is 1. The highest BCUT2D eigenvalue weighted by molar-refractivity contribution is 7.09. The molecule has 24 heavy (non-hydrogen) atoms. The molecule has 2 heterocycles. The number of aromatic nitrogens is 1. The lowest BCUT2D eigenvalue weighted by Crippen LogP contribution is -2.45. The molecule has 4 nitrogen and oxygen atoms in total. The van der Waals surface area contributed by atoms with E-state index in [0.29, 0.717) is 5.92 Å². The molecule has 0 unspecified atom stereocenters. The smallest absolute Gasteiger partial charge is 0.241 e. The number of amides is 1. The van der Waals surface area contributed by atoms with Crippen molar-refractivity contribution >= 4 is 22.9 Å². The third kappa shape index (κ3) is 3.84. The number of anilines is 1. The molecule has 0 aliphatic carbocycles. The van der Waals surface area contributed by atoms with E-state index in [2.05, 4.69) is 20.6 Å². The zero-order valence-corrected chi connectivity index (χ0v) is 15.4. The quantitative estimate of drug-likeness (QED) is 0.914. The minimum Gasteiger partial charge on any atom is -0.324 e. The van der Waals surface area contributed by atoms with Gasteiger partial charge < -0.3 is 5.32 Å². The van der Waals surface area contributed by atoms with E-state index in [0.717, 1.165) is 42.9 Å². The zero-order chi connectivity index (χ0) is 17.1. The number of rotatable bonds is 4. The summed E-state index contributed by atoms with van der Waals surface area (Å²) in [5.41, 5.74) is 3.11. The summed E-state index contributed by atoms with van der Waals surface area (Å²) in [6.45, 7) is 7.97. The lowest BCUT2D eigenvalue weighted by atomic mass is 9.96. The van der Waals surface area contributed by atoms with Crippen LogP contribution in [0.1, 0.15) is 41.9 Å². The topological polar surface area (TPSA) is 45.2 Å². The molecule has 1 aliphatic rings. The van der Waals surface area contributed by atoms with Gasteiger partial charge in [-0.1, -0.05) is 18.2 Å². The summed E-state index contributed by atoms with van der Waals surface area (Å²) < 4.78 is 0. The first-order chi connectivity index (χ1) is 11.5. The number of nitrogens with zero attached hydrogens (tertiary/aromatic N) is 2. The third-order valence-corrected chi connectivity index (χ3v) is 5.97. The van der Waals surface area contributed by atoms with Crippen LogP contribution >= 0.6 is 11.3 Å². The number of likely N-dealkylation sites (tertiary alicyclic amines) is 1. The molecule has 5 heteroatoms. The standard InChI is InChI=1S/C19H25N3OS/c1-13-6-4-5-7-17(13)21-18(23)15(3)22-10-8-16(9-11-22)19-20-14(2)12-24-19/h4-7,12,15-16H,8-11H2,1-3H3,(H,21,23)/t15-/m1/s1. The highest BCUT2D eigenvalue weighted by Crippen LogP contribution is 2.31. The molecule has 0 radical (unpaired) electrons. The van der Waals surface area contributed by atoms with Crippen molar-refractivity contribution in [1.82, 2.24) is 9.88 Å². The van der Waals surface area contributed by atoms with Gasteiger partial charge in [-0.2, -0.15) is 0 Å². The Hall–Kier alpha value is -1.72. The summed E-state index contributed by atoms with van der Waals surface area (Å²) >= 11 is 1.77. The Morgan fingerprint density at radius 2 is 2.00 bits per heavy atom. The summed E-state index contributed by atoms with van der Waals surface area (Å²) in [5.74, 6) is 0.624. The number of thiazole rings is 1. The molecule has 0 spiro atoms. The fraction of sp³-hybridized carbons (Fsp3) is 0.474. The molecule has 0 bridgehead atoms. The van der Waals surface area contributed by atoms with E-state index in [9.17, 15) is 4.79 Å². The predicted molar refractivity (Wildman–Crippen MR) is 99.7 cm³/mol. The largest absolute Gasteiger partial charge is 0.324 e. The van der Waals surface area contributed by atoms with E-state index >= 15 is 0 Å². The number of para-hydroxylation sites is 1. The molecular formula is C19H25N3OS. The van der Waals surface area contributed by atoms with Gasteiger partial charge in [0.05, 0.1) is 11.0 Å². The number of aryl methyl sites for hydroxylation is 2. The molecule has 1 fully saturated rings. The predicted octanol–water partition coefficient (Wildman–Crippen LogP) is 3.97. The van der Waals surface area contributed by atoms with Crippen LogP contribution in [0.4, 0.5) is 5.69 Å². The molecule has 1 N–H and O–H groups in total. The van der Waals surface area contributed by atoms with E-state index < -0.39 is 0 Å². The lowest BCUT2D eigenvalue weighted by Gasteiger charge is -2.34. The molecule has 1 aromatic carbocycles. The van der Waals surface area contributed by atoms with Crippen LogP contribution in [-0.2, 0) is 4.79 Å². The van der Waals surface area contributed by atoms with Crippen LogP contribution in [0.15, 0.2) is 29.6 Å². The molecular weight excluding hydrogens is 318 g/mol. The number of hydrogen-bond acceptors (Lipinski definition) is 4. The van der Waals surface area contributed by atoms with Gasteiger partial charge in [-0.15, -0.1) is 11.3 Å². The Labute approximate surface area is 147 Å². The molecule has 1 aliphatic heterocycles. The molecule has 1 atom stereocenters. The molecule has 1 saturated heterocycles. The first-order valence-corrected chi connectivity index (χ1v) is 9.45. The summed E-state index contributed by atoms with van der Waals surface area (Å²) in [5, 5.41) is 6.44. The van der Waals surface area contributed by atoms with Crippen LogP contribution < -0.4 is 5.32 Å². The molecule has 0 saturated carbocycles.